The van der Waals surface area contributed by atoms with Crippen molar-refractivity contribution in [3.05, 3.63) is 54.1 Å². The lowest BCUT2D eigenvalue weighted by Gasteiger charge is -2.19. The molecule has 0 radical (unpaired) electrons. The Kier molecular flexibility index (Phi) is 5.63. The van der Waals surface area contributed by atoms with E-state index in [2.05, 4.69) is 4.72 Å². The molecule has 0 heterocycles. The van der Waals surface area contributed by atoms with Crippen LogP contribution in [-0.4, -0.2) is 22.6 Å². The Morgan fingerprint density at radius 1 is 1.00 bits per heavy atom. The lowest BCUT2D eigenvalue weighted by molar-refractivity contribution is 0.402. The minimum atomic E-state index is -3.68. The highest BCUT2D eigenvalue weighted by atomic mass is 32.2. The molecule has 1 atom stereocenters. The van der Waals surface area contributed by atoms with Crippen LogP contribution in [0.15, 0.2) is 53.4 Å². The Morgan fingerprint density at radius 2 is 1.65 bits per heavy atom. The molecule has 2 rings (SSSR count). The first-order valence-electron chi connectivity index (χ1n) is 7.31. The van der Waals surface area contributed by atoms with Crippen molar-refractivity contribution >= 4 is 10.0 Å². The number of hydrogen-bond acceptors (Lipinski definition) is 4. The molecule has 5 nitrogen and oxygen atoms in total. The van der Waals surface area contributed by atoms with Crippen LogP contribution in [0, 0.1) is 0 Å². The van der Waals surface area contributed by atoms with E-state index in [1.807, 2.05) is 31.2 Å². The zero-order valence-corrected chi connectivity index (χ0v) is 14.3. The minimum absolute atomic E-state index is 0.134. The molecule has 1 unspecified atom stereocenters. The number of rotatable bonds is 7. The van der Waals surface area contributed by atoms with Crippen LogP contribution in [0.5, 0.6) is 11.5 Å². The van der Waals surface area contributed by atoms with Crippen molar-refractivity contribution in [1.82, 2.24) is 4.72 Å². The zero-order valence-electron chi connectivity index (χ0n) is 13.4. The van der Waals surface area contributed by atoms with E-state index in [4.69, 9.17) is 9.47 Å². The van der Waals surface area contributed by atoms with E-state index < -0.39 is 10.0 Å². The molecule has 0 aliphatic rings. The summed E-state index contributed by atoms with van der Waals surface area (Å²) < 4.78 is 38.3. The predicted octanol–water partition coefficient (Wildman–Crippen LogP) is 3.13. The largest absolute Gasteiger partial charge is 0.497 e. The van der Waals surface area contributed by atoms with E-state index in [-0.39, 0.29) is 10.9 Å². The smallest absolute Gasteiger partial charge is 0.244 e. The van der Waals surface area contributed by atoms with Crippen LogP contribution < -0.4 is 14.2 Å². The number of ether oxygens (including phenoxy) is 2. The Morgan fingerprint density at radius 3 is 2.22 bits per heavy atom. The Balaban J connectivity index is 2.29. The SMILES string of the molecule is CCC(NS(=O)(=O)c1ccccc1OC)c1ccc(OC)cc1. The number of para-hydroxylation sites is 1. The third-order valence-electron chi connectivity index (χ3n) is 3.58. The van der Waals surface area contributed by atoms with Gasteiger partial charge in [0, 0.05) is 6.04 Å². The fourth-order valence-electron chi connectivity index (χ4n) is 2.31. The molecule has 6 heteroatoms. The molecule has 124 valence electrons. The van der Waals surface area contributed by atoms with E-state index in [1.54, 1.807) is 25.3 Å². The van der Waals surface area contributed by atoms with Gasteiger partial charge in [-0.25, -0.2) is 13.1 Å². The van der Waals surface area contributed by atoms with Gasteiger partial charge < -0.3 is 9.47 Å². The molecule has 0 spiro atoms. The summed E-state index contributed by atoms with van der Waals surface area (Å²) in [6, 6.07) is 13.6. The van der Waals surface area contributed by atoms with Crippen LogP contribution in [0.25, 0.3) is 0 Å². The lowest BCUT2D eigenvalue weighted by atomic mass is 10.1. The summed E-state index contributed by atoms with van der Waals surface area (Å²) in [4.78, 5) is 0.134. The molecule has 23 heavy (non-hydrogen) atoms. The van der Waals surface area contributed by atoms with Gasteiger partial charge in [-0.15, -0.1) is 0 Å². The van der Waals surface area contributed by atoms with Crippen LogP contribution in [0.2, 0.25) is 0 Å². The summed E-state index contributed by atoms with van der Waals surface area (Å²) in [5.74, 6) is 1.06. The molecule has 2 aromatic carbocycles. The maximum absolute atomic E-state index is 12.7. The van der Waals surface area contributed by atoms with Crippen molar-refractivity contribution in [3.8, 4) is 11.5 Å². The van der Waals surface area contributed by atoms with Gasteiger partial charge in [0.15, 0.2) is 0 Å². The molecule has 0 fully saturated rings. The fraction of sp³-hybridized carbons (Fsp3) is 0.294. The van der Waals surface area contributed by atoms with Crippen molar-refractivity contribution in [2.24, 2.45) is 0 Å². The molecule has 0 saturated heterocycles. The van der Waals surface area contributed by atoms with Gasteiger partial charge >= 0.3 is 0 Å². The van der Waals surface area contributed by atoms with Gasteiger partial charge in [0.2, 0.25) is 10.0 Å². The van der Waals surface area contributed by atoms with Crippen LogP contribution in [-0.2, 0) is 10.0 Å². The Bertz CT molecular complexity index is 741. The van der Waals surface area contributed by atoms with Crippen molar-refractivity contribution in [2.45, 2.75) is 24.3 Å². The van der Waals surface area contributed by atoms with Gasteiger partial charge in [-0.2, -0.15) is 0 Å². The quantitative estimate of drug-likeness (QED) is 0.844. The second-order valence-corrected chi connectivity index (χ2v) is 6.69. The third kappa shape index (κ3) is 4.03. The first kappa shape index (κ1) is 17.3. The van der Waals surface area contributed by atoms with E-state index in [1.165, 1.54) is 13.2 Å². The van der Waals surface area contributed by atoms with Gasteiger partial charge in [-0.3, -0.25) is 0 Å². The van der Waals surface area contributed by atoms with E-state index in [0.717, 1.165) is 11.3 Å². The highest BCUT2D eigenvalue weighted by Gasteiger charge is 2.23. The normalized spacial score (nSPS) is 12.7. The second kappa shape index (κ2) is 7.48. The third-order valence-corrected chi connectivity index (χ3v) is 5.09. The summed E-state index contributed by atoms with van der Waals surface area (Å²) in [7, 11) is -0.637. The van der Waals surface area contributed by atoms with Crippen molar-refractivity contribution < 1.29 is 17.9 Å². The molecular formula is C17H21NO4S. The maximum Gasteiger partial charge on any atom is 0.244 e. The standard InChI is InChI=1S/C17H21NO4S/c1-4-15(13-9-11-14(21-2)12-10-13)18-23(19,20)17-8-6-5-7-16(17)22-3/h5-12,15,18H,4H2,1-3H3. The molecule has 0 aromatic heterocycles. The molecule has 2 aromatic rings. The summed E-state index contributed by atoms with van der Waals surface area (Å²) in [5.41, 5.74) is 0.881. The van der Waals surface area contributed by atoms with Gasteiger partial charge in [-0.05, 0) is 36.2 Å². The molecule has 0 amide bonds. The minimum Gasteiger partial charge on any atom is -0.497 e. The molecule has 0 aliphatic heterocycles. The van der Waals surface area contributed by atoms with Gasteiger partial charge in [0.25, 0.3) is 0 Å². The van der Waals surface area contributed by atoms with Crippen molar-refractivity contribution in [2.75, 3.05) is 14.2 Å². The molecule has 0 bridgehead atoms. The number of hydrogen-bond donors (Lipinski definition) is 1. The Hall–Kier alpha value is -2.05. The van der Waals surface area contributed by atoms with Crippen molar-refractivity contribution in [3.63, 3.8) is 0 Å². The van der Waals surface area contributed by atoms with E-state index in [0.29, 0.717) is 12.2 Å². The summed E-state index contributed by atoms with van der Waals surface area (Å²) in [5, 5.41) is 0. The maximum atomic E-state index is 12.7. The van der Waals surface area contributed by atoms with Gasteiger partial charge in [-0.1, -0.05) is 31.2 Å². The van der Waals surface area contributed by atoms with Crippen molar-refractivity contribution in [1.29, 1.82) is 0 Å². The highest BCUT2D eigenvalue weighted by molar-refractivity contribution is 7.89. The molecule has 1 N–H and O–H groups in total. The monoisotopic (exact) mass is 335 g/mol. The van der Waals surface area contributed by atoms with E-state index in [9.17, 15) is 8.42 Å². The first-order valence-corrected chi connectivity index (χ1v) is 8.79. The topological polar surface area (TPSA) is 64.6 Å². The highest BCUT2D eigenvalue weighted by Crippen LogP contribution is 2.26. The number of methoxy groups -OCH3 is 2. The summed E-state index contributed by atoms with van der Waals surface area (Å²) in [6.07, 6.45) is 0.626. The Labute approximate surface area is 137 Å². The molecular weight excluding hydrogens is 314 g/mol. The van der Waals surface area contributed by atoms with Crippen LogP contribution in [0.3, 0.4) is 0 Å². The van der Waals surface area contributed by atoms with E-state index >= 15 is 0 Å². The average molecular weight is 335 g/mol. The summed E-state index contributed by atoms with van der Waals surface area (Å²) in [6.45, 7) is 1.93. The van der Waals surface area contributed by atoms with Crippen LogP contribution in [0.4, 0.5) is 0 Å². The first-order chi connectivity index (χ1) is 11.0. The number of nitrogens with one attached hydrogen (secondary N) is 1. The average Bonchev–Trinajstić information content (AvgIpc) is 2.59. The van der Waals surface area contributed by atoms with Crippen LogP contribution in [0.1, 0.15) is 24.9 Å². The predicted molar refractivity (Wildman–Crippen MR) is 89.3 cm³/mol. The lowest BCUT2D eigenvalue weighted by Crippen LogP contribution is -2.28. The number of benzene rings is 2. The second-order valence-electron chi connectivity index (χ2n) is 5.01. The molecule has 0 saturated carbocycles. The van der Waals surface area contributed by atoms with Crippen LogP contribution >= 0.6 is 0 Å². The number of sulfonamides is 1. The summed E-state index contributed by atoms with van der Waals surface area (Å²) >= 11 is 0. The van der Waals surface area contributed by atoms with Gasteiger partial charge in [0.05, 0.1) is 14.2 Å². The zero-order chi connectivity index (χ0) is 16.9. The van der Waals surface area contributed by atoms with Gasteiger partial charge in [0.1, 0.15) is 16.4 Å². The fourth-order valence-corrected chi connectivity index (χ4v) is 3.79. The molecule has 0 aliphatic carbocycles.